The van der Waals surface area contributed by atoms with Crippen molar-refractivity contribution in [1.82, 2.24) is 15.1 Å². The van der Waals surface area contributed by atoms with E-state index in [-0.39, 0.29) is 10.6 Å². The van der Waals surface area contributed by atoms with Gasteiger partial charge in [0.25, 0.3) is 5.69 Å². The molecule has 26 heavy (non-hydrogen) atoms. The number of nitrogens with one attached hydrogen (secondary N) is 1. The number of rotatable bonds is 5. The number of nitro groups is 1. The van der Waals surface area contributed by atoms with E-state index in [2.05, 4.69) is 20.1 Å². The third-order valence-corrected chi connectivity index (χ3v) is 5.33. The zero-order valence-corrected chi connectivity index (χ0v) is 15.6. The van der Waals surface area contributed by atoms with E-state index >= 15 is 0 Å². The first-order chi connectivity index (χ1) is 12.7. The highest BCUT2D eigenvalue weighted by molar-refractivity contribution is 5.80. The van der Waals surface area contributed by atoms with Crippen LogP contribution >= 0.6 is 0 Å². The standard InChI is InChI=1S/C19H29N5O2/c1-20-19(21-13-16-6-5-7-18(12-16)24(25)26)23-11-8-17(15-23)14-22-9-3-2-4-10-22/h5-7,12,17H,2-4,8-11,13-15H2,1H3,(H,20,21). The summed E-state index contributed by atoms with van der Waals surface area (Å²) in [5.74, 6) is 1.59. The number of benzene rings is 1. The molecule has 1 N–H and O–H groups in total. The normalized spacial score (nSPS) is 21.8. The van der Waals surface area contributed by atoms with E-state index in [0.29, 0.717) is 12.5 Å². The van der Waals surface area contributed by atoms with Gasteiger partial charge in [-0.1, -0.05) is 18.6 Å². The van der Waals surface area contributed by atoms with Gasteiger partial charge in [-0.25, -0.2) is 0 Å². The Morgan fingerprint density at radius 2 is 2.12 bits per heavy atom. The third-order valence-electron chi connectivity index (χ3n) is 5.33. The SMILES string of the molecule is CN=C(NCc1cccc([N+](=O)[O-])c1)N1CCC(CN2CCCCC2)C1. The van der Waals surface area contributed by atoms with Crippen LogP contribution in [0.3, 0.4) is 0 Å². The largest absolute Gasteiger partial charge is 0.352 e. The Morgan fingerprint density at radius 3 is 2.85 bits per heavy atom. The minimum atomic E-state index is -0.357. The summed E-state index contributed by atoms with van der Waals surface area (Å²) in [6.07, 6.45) is 5.25. The zero-order chi connectivity index (χ0) is 18.4. The minimum Gasteiger partial charge on any atom is -0.352 e. The van der Waals surface area contributed by atoms with Gasteiger partial charge in [0.1, 0.15) is 0 Å². The van der Waals surface area contributed by atoms with E-state index in [0.717, 1.165) is 24.6 Å². The summed E-state index contributed by atoms with van der Waals surface area (Å²) in [5.41, 5.74) is 1.02. The minimum absolute atomic E-state index is 0.127. The Balaban J connectivity index is 1.50. The molecule has 142 valence electrons. The molecule has 0 aromatic heterocycles. The molecule has 2 aliphatic rings. The molecule has 0 radical (unpaired) electrons. The summed E-state index contributed by atoms with van der Waals surface area (Å²) >= 11 is 0. The Hall–Kier alpha value is -2.15. The maximum Gasteiger partial charge on any atom is 0.269 e. The zero-order valence-electron chi connectivity index (χ0n) is 15.6. The van der Waals surface area contributed by atoms with Crippen LogP contribution in [0.1, 0.15) is 31.2 Å². The number of aliphatic imine (C=N–C) groups is 1. The molecule has 0 spiro atoms. The summed E-state index contributed by atoms with van der Waals surface area (Å²) < 4.78 is 0. The van der Waals surface area contributed by atoms with Crippen molar-refractivity contribution >= 4 is 11.6 Å². The summed E-state index contributed by atoms with van der Waals surface area (Å²) in [7, 11) is 1.80. The molecule has 0 aliphatic carbocycles. The predicted molar refractivity (Wildman–Crippen MR) is 103 cm³/mol. The Morgan fingerprint density at radius 1 is 1.31 bits per heavy atom. The van der Waals surface area contributed by atoms with Crippen molar-refractivity contribution in [1.29, 1.82) is 0 Å². The lowest BCUT2D eigenvalue weighted by molar-refractivity contribution is -0.384. The molecule has 7 heteroatoms. The molecule has 0 amide bonds. The molecule has 2 fully saturated rings. The molecule has 1 atom stereocenters. The van der Waals surface area contributed by atoms with Gasteiger partial charge in [0, 0.05) is 45.4 Å². The molecule has 3 rings (SSSR count). The summed E-state index contributed by atoms with van der Waals surface area (Å²) in [6, 6.07) is 6.76. The predicted octanol–water partition coefficient (Wildman–Crippen LogP) is 2.48. The molecule has 0 bridgehead atoms. The fourth-order valence-electron chi connectivity index (χ4n) is 3.97. The van der Waals surface area contributed by atoms with E-state index in [4.69, 9.17) is 0 Å². The highest BCUT2D eigenvalue weighted by Gasteiger charge is 2.26. The smallest absolute Gasteiger partial charge is 0.269 e. The number of likely N-dealkylation sites (tertiary alicyclic amines) is 2. The quantitative estimate of drug-likeness (QED) is 0.378. The van der Waals surface area contributed by atoms with Gasteiger partial charge >= 0.3 is 0 Å². The lowest BCUT2D eigenvalue weighted by Gasteiger charge is -2.29. The van der Waals surface area contributed by atoms with E-state index < -0.39 is 0 Å². The van der Waals surface area contributed by atoms with Crippen LogP contribution in [0.2, 0.25) is 0 Å². The number of non-ortho nitro benzene ring substituents is 1. The van der Waals surface area contributed by atoms with Crippen LogP contribution in [0.4, 0.5) is 5.69 Å². The average molecular weight is 359 g/mol. The van der Waals surface area contributed by atoms with Crippen LogP contribution in [0.25, 0.3) is 0 Å². The molecular formula is C19H29N5O2. The maximum absolute atomic E-state index is 10.9. The summed E-state index contributed by atoms with van der Waals surface area (Å²) in [6.45, 7) is 6.28. The molecule has 2 heterocycles. The Bertz CT molecular complexity index is 643. The second-order valence-corrected chi connectivity index (χ2v) is 7.29. The van der Waals surface area contributed by atoms with Gasteiger partial charge in [-0.2, -0.15) is 0 Å². The van der Waals surface area contributed by atoms with E-state index in [1.807, 2.05) is 6.07 Å². The number of piperidine rings is 1. The van der Waals surface area contributed by atoms with Crippen LogP contribution in [-0.2, 0) is 6.54 Å². The van der Waals surface area contributed by atoms with Crippen molar-refractivity contribution in [2.24, 2.45) is 10.9 Å². The molecular weight excluding hydrogens is 330 g/mol. The van der Waals surface area contributed by atoms with Crippen LogP contribution in [-0.4, -0.2) is 60.5 Å². The van der Waals surface area contributed by atoms with E-state index in [1.54, 1.807) is 19.2 Å². The first kappa shape index (κ1) is 18.6. The van der Waals surface area contributed by atoms with Crippen LogP contribution in [0.5, 0.6) is 0 Å². The van der Waals surface area contributed by atoms with Crippen molar-refractivity contribution in [3.8, 4) is 0 Å². The number of guanidine groups is 1. The van der Waals surface area contributed by atoms with Gasteiger partial charge < -0.3 is 15.1 Å². The third kappa shape index (κ3) is 4.94. The van der Waals surface area contributed by atoms with Crippen molar-refractivity contribution in [2.45, 2.75) is 32.2 Å². The van der Waals surface area contributed by atoms with Crippen molar-refractivity contribution < 1.29 is 4.92 Å². The van der Waals surface area contributed by atoms with Gasteiger partial charge in [0.2, 0.25) is 0 Å². The van der Waals surface area contributed by atoms with E-state index in [1.165, 1.54) is 51.4 Å². The van der Waals surface area contributed by atoms with Crippen LogP contribution < -0.4 is 5.32 Å². The monoisotopic (exact) mass is 359 g/mol. The van der Waals surface area contributed by atoms with Crippen molar-refractivity contribution in [3.63, 3.8) is 0 Å². The fourth-order valence-corrected chi connectivity index (χ4v) is 3.97. The molecule has 1 aromatic rings. The van der Waals surface area contributed by atoms with Crippen LogP contribution in [0, 0.1) is 16.0 Å². The number of hydrogen-bond donors (Lipinski definition) is 1. The average Bonchev–Trinajstić information content (AvgIpc) is 3.11. The fraction of sp³-hybridized carbons (Fsp3) is 0.632. The van der Waals surface area contributed by atoms with Gasteiger partial charge in [-0.05, 0) is 43.8 Å². The summed E-state index contributed by atoms with van der Waals surface area (Å²) in [5, 5.41) is 14.3. The Kier molecular flexibility index (Phi) is 6.44. The number of hydrogen-bond acceptors (Lipinski definition) is 4. The highest BCUT2D eigenvalue weighted by atomic mass is 16.6. The molecule has 0 saturated carbocycles. The first-order valence-corrected chi connectivity index (χ1v) is 9.57. The highest BCUT2D eigenvalue weighted by Crippen LogP contribution is 2.20. The molecule has 7 nitrogen and oxygen atoms in total. The number of nitrogens with zero attached hydrogens (tertiary/aromatic N) is 4. The second-order valence-electron chi connectivity index (χ2n) is 7.29. The van der Waals surface area contributed by atoms with Gasteiger partial charge in [0.15, 0.2) is 5.96 Å². The van der Waals surface area contributed by atoms with Gasteiger partial charge in [-0.15, -0.1) is 0 Å². The van der Waals surface area contributed by atoms with E-state index in [9.17, 15) is 10.1 Å². The second kappa shape index (κ2) is 8.98. The maximum atomic E-state index is 10.9. The molecule has 1 aromatic carbocycles. The lowest BCUT2D eigenvalue weighted by Crippen LogP contribution is -2.41. The van der Waals surface area contributed by atoms with Crippen molar-refractivity contribution in [2.75, 3.05) is 39.8 Å². The van der Waals surface area contributed by atoms with Crippen LogP contribution in [0.15, 0.2) is 29.3 Å². The Labute approximate surface area is 155 Å². The van der Waals surface area contributed by atoms with Gasteiger partial charge in [-0.3, -0.25) is 15.1 Å². The molecule has 1 unspecified atom stereocenters. The molecule has 2 saturated heterocycles. The van der Waals surface area contributed by atoms with Crippen molar-refractivity contribution in [3.05, 3.63) is 39.9 Å². The lowest BCUT2D eigenvalue weighted by atomic mass is 10.1. The number of nitro benzene ring substituents is 1. The first-order valence-electron chi connectivity index (χ1n) is 9.57. The summed E-state index contributed by atoms with van der Waals surface area (Å²) in [4.78, 5) is 19.9. The topological polar surface area (TPSA) is 74.0 Å². The molecule has 2 aliphatic heterocycles. The van der Waals surface area contributed by atoms with Gasteiger partial charge in [0.05, 0.1) is 4.92 Å².